The van der Waals surface area contributed by atoms with Gasteiger partial charge in [0.15, 0.2) is 0 Å². The Morgan fingerprint density at radius 2 is 2.20 bits per heavy atom. The van der Waals surface area contributed by atoms with Gasteiger partial charge in [-0.05, 0) is 36.9 Å². The highest BCUT2D eigenvalue weighted by Crippen LogP contribution is 2.11. The Hall–Kier alpha value is -1.39. The van der Waals surface area contributed by atoms with Crippen molar-refractivity contribution in [1.82, 2.24) is 10.6 Å². The molecule has 110 valence electrons. The summed E-state index contributed by atoms with van der Waals surface area (Å²) in [4.78, 5) is 12.0. The molecule has 1 saturated heterocycles. The van der Waals surface area contributed by atoms with Crippen LogP contribution in [0.15, 0.2) is 24.3 Å². The highest BCUT2D eigenvalue weighted by Gasteiger charge is 2.21. The summed E-state index contributed by atoms with van der Waals surface area (Å²) in [6.45, 7) is 5.00. The lowest BCUT2D eigenvalue weighted by Crippen LogP contribution is -2.40. The molecule has 1 fully saturated rings. The Balaban J connectivity index is 1.86. The second kappa shape index (κ2) is 8.02. The monoisotopic (exact) mass is 276 g/mol. The lowest BCUT2D eigenvalue weighted by Gasteiger charge is -2.13. The van der Waals surface area contributed by atoms with E-state index in [1.165, 1.54) is 0 Å². The normalized spacial score (nSPS) is 18.1. The molecule has 0 aliphatic carbocycles. The Kier molecular flexibility index (Phi) is 6.02. The van der Waals surface area contributed by atoms with Crippen molar-refractivity contribution >= 4 is 5.91 Å². The van der Waals surface area contributed by atoms with E-state index in [1.807, 2.05) is 18.2 Å². The summed E-state index contributed by atoms with van der Waals surface area (Å²) in [6.07, 6.45) is 3.04. The first kappa shape index (κ1) is 15.0. The largest absolute Gasteiger partial charge is 0.377 e. The van der Waals surface area contributed by atoms with Gasteiger partial charge in [0.05, 0.1) is 12.6 Å². The maximum atomic E-state index is 12.0. The van der Waals surface area contributed by atoms with Crippen molar-refractivity contribution in [1.29, 1.82) is 0 Å². The molecule has 2 rings (SSSR count). The minimum atomic E-state index is -0.0153. The van der Waals surface area contributed by atoms with Crippen molar-refractivity contribution in [3.8, 4) is 0 Å². The fourth-order valence-corrected chi connectivity index (χ4v) is 2.41. The molecule has 0 aromatic heterocycles. The van der Waals surface area contributed by atoms with Gasteiger partial charge in [0.1, 0.15) is 0 Å². The van der Waals surface area contributed by atoms with Gasteiger partial charge in [0.25, 0.3) is 0 Å². The summed E-state index contributed by atoms with van der Waals surface area (Å²) in [7, 11) is 0. The Bertz CT molecular complexity index is 428. The number of carbonyl (C=O) groups is 1. The predicted octanol–water partition coefficient (Wildman–Crippen LogP) is 1.98. The van der Waals surface area contributed by atoms with Crippen LogP contribution in [-0.4, -0.2) is 25.1 Å². The highest BCUT2D eigenvalue weighted by molar-refractivity contribution is 5.82. The first-order valence-corrected chi connectivity index (χ1v) is 7.47. The lowest BCUT2D eigenvalue weighted by atomic mass is 10.1. The Morgan fingerprint density at radius 1 is 1.40 bits per heavy atom. The van der Waals surface area contributed by atoms with Crippen LogP contribution in [0.25, 0.3) is 0 Å². The first-order chi connectivity index (χ1) is 9.81. The fraction of sp³-hybridized carbons (Fsp3) is 0.562. The van der Waals surface area contributed by atoms with Crippen LogP contribution < -0.4 is 10.6 Å². The molecule has 20 heavy (non-hydrogen) atoms. The fourth-order valence-electron chi connectivity index (χ4n) is 2.41. The van der Waals surface area contributed by atoms with Crippen molar-refractivity contribution in [2.75, 3.05) is 13.2 Å². The zero-order chi connectivity index (χ0) is 14.2. The van der Waals surface area contributed by atoms with Crippen LogP contribution in [0.4, 0.5) is 0 Å². The van der Waals surface area contributed by atoms with Crippen LogP contribution in [0, 0.1) is 0 Å². The number of hydrogen-bond acceptors (Lipinski definition) is 3. The predicted molar refractivity (Wildman–Crippen MR) is 79.3 cm³/mol. The Labute approximate surface area is 120 Å². The highest BCUT2D eigenvalue weighted by atomic mass is 16.5. The molecule has 1 unspecified atom stereocenters. The molecular weight excluding hydrogens is 252 g/mol. The van der Waals surface area contributed by atoms with E-state index in [1.54, 1.807) is 0 Å². The summed E-state index contributed by atoms with van der Waals surface area (Å²) < 4.78 is 5.59. The first-order valence-electron chi connectivity index (χ1n) is 7.47. The van der Waals surface area contributed by atoms with Gasteiger partial charge in [-0.1, -0.05) is 31.2 Å². The second-order valence-electron chi connectivity index (χ2n) is 5.19. The van der Waals surface area contributed by atoms with Crippen molar-refractivity contribution < 1.29 is 9.53 Å². The molecule has 1 aliphatic rings. The summed E-state index contributed by atoms with van der Waals surface area (Å²) in [5.41, 5.74) is 2.29. The average molecular weight is 276 g/mol. The lowest BCUT2D eigenvalue weighted by molar-refractivity contribution is -0.122. The van der Waals surface area contributed by atoms with Gasteiger partial charge < -0.3 is 15.4 Å². The van der Waals surface area contributed by atoms with Gasteiger partial charge in [0, 0.05) is 13.2 Å². The van der Waals surface area contributed by atoms with E-state index < -0.39 is 0 Å². The van der Waals surface area contributed by atoms with E-state index in [0.717, 1.165) is 43.5 Å². The van der Waals surface area contributed by atoms with E-state index in [4.69, 9.17) is 4.74 Å². The molecule has 1 aromatic rings. The van der Waals surface area contributed by atoms with Gasteiger partial charge in [-0.25, -0.2) is 0 Å². The average Bonchev–Trinajstić information content (AvgIpc) is 3.00. The summed E-state index contributed by atoms with van der Waals surface area (Å²) >= 11 is 0. The standard InChI is InChI=1S/C16H24N2O2/c1-2-10-20-12-14-7-4-3-6-13(14)11-18-16(19)15-8-5-9-17-15/h3-4,6-7,15,17H,2,5,8-12H2,1H3,(H,18,19). The van der Waals surface area contributed by atoms with Gasteiger partial charge in [-0.15, -0.1) is 0 Å². The second-order valence-corrected chi connectivity index (χ2v) is 5.19. The number of hydrogen-bond donors (Lipinski definition) is 2. The minimum absolute atomic E-state index is 0.0153. The zero-order valence-electron chi connectivity index (χ0n) is 12.2. The van der Waals surface area contributed by atoms with Gasteiger partial charge >= 0.3 is 0 Å². The number of benzene rings is 1. The number of nitrogens with one attached hydrogen (secondary N) is 2. The molecule has 2 N–H and O–H groups in total. The van der Waals surface area contributed by atoms with E-state index in [9.17, 15) is 4.79 Å². The van der Waals surface area contributed by atoms with Crippen molar-refractivity contribution in [2.24, 2.45) is 0 Å². The summed E-state index contributed by atoms with van der Waals surface area (Å²) in [5, 5.41) is 6.23. The van der Waals surface area contributed by atoms with E-state index >= 15 is 0 Å². The van der Waals surface area contributed by atoms with Gasteiger partial charge in [-0.3, -0.25) is 4.79 Å². The SMILES string of the molecule is CCCOCc1ccccc1CNC(=O)C1CCCN1. The molecule has 4 nitrogen and oxygen atoms in total. The zero-order valence-corrected chi connectivity index (χ0v) is 12.2. The molecule has 0 radical (unpaired) electrons. The van der Waals surface area contributed by atoms with Crippen LogP contribution in [0.1, 0.15) is 37.3 Å². The summed E-state index contributed by atoms with van der Waals surface area (Å²) in [5.74, 6) is 0.103. The summed E-state index contributed by atoms with van der Waals surface area (Å²) in [6, 6.07) is 8.10. The molecule has 4 heteroatoms. The third-order valence-corrected chi connectivity index (χ3v) is 3.55. The quantitative estimate of drug-likeness (QED) is 0.749. The number of rotatable bonds is 7. The molecule has 1 aliphatic heterocycles. The van der Waals surface area contributed by atoms with E-state index in [0.29, 0.717) is 13.2 Å². The van der Waals surface area contributed by atoms with Crippen LogP contribution in [0.2, 0.25) is 0 Å². The molecule has 1 aromatic carbocycles. The van der Waals surface area contributed by atoms with Gasteiger partial charge in [-0.2, -0.15) is 0 Å². The van der Waals surface area contributed by atoms with Crippen molar-refractivity contribution in [3.05, 3.63) is 35.4 Å². The van der Waals surface area contributed by atoms with Crippen LogP contribution in [-0.2, 0) is 22.7 Å². The topological polar surface area (TPSA) is 50.4 Å². The maximum Gasteiger partial charge on any atom is 0.237 e. The number of amides is 1. The number of carbonyl (C=O) groups excluding carboxylic acids is 1. The number of ether oxygens (including phenoxy) is 1. The third kappa shape index (κ3) is 4.32. The molecule has 1 heterocycles. The van der Waals surface area contributed by atoms with Crippen molar-refractivity contribution in [3.63, 3.8) is 0 Å². The molecule has 0 spiro atoms. The molecule has 1 atom stereocenters. The van der Waals surface area contributed by atoms with Crippen LogP contribution in [0.3, 0.4) is 0 Å². The Morgan fingerprint density at radius 3 is 2.90 bits per heavy atom. The van der Waals surface area contributed by atoms with Crippen LogP contribution >= 0.6 is 0 Å². The minimum Gasteiger partial charge on any atom is -0.377 e. The maximum absolute atomic E-state index is 12.0. The smallest absolute Gasteiger partial charge is 0.237 e. The third-order valence-electron chi connectivity index (χ3n) is 3.55. The van der Waals surface area contributed by atoms with E-state index in [-0.39, 0.29) is 11.9 Å². The van der Waals surface area contributed by atoms with E-state index in [2.05, 4.69) is 23.6 Å². The van der Waals surface area contributed by atoms with Crippen molar-refractivity contribution in [2.45, 2.75) is 45.4 Å². The molecular formula is C16H24N2O2. The van der Waals surface area contributed by atoms with Crippen LogP contribution in [0.5, 0.6) is 0 Å². The van der Waals surface area contributed by atoms with Gasteiger partial charge in [0.2, 0.25) is 5.91 Å². The molecule has 1 amide bonds. The molecule has 0 bridgehead atoms. The molecule has 0 saturated carbocycles.